The lowest BCUT2D eigenvalue weighted by Crippen LogP contribution is -2.48. The first kappa shape index (κ1) is 20.5. The van der Waals surface area contributed by atoms with Gasteiger partial charge in [0, 0.05) is 29.6 Å². The third kappa shape index (κ3) is 4.62. The molecule has 2 heterocycles. The molecule has 0 aliphatic carbocycles. The van der Waals surface area contributed by atoms with Crippen LogP contribution in [0.5, 0.6) is 0 Å². The first-order chi connectivity index (χ1) is 12.9. The van der Waals surface area contributed by atoms with Crippen molar-refractivity contribution in [2.45, 2.75) is 56.4 Å². The summed E-state index contributed by atoms with van der Waals surface area (Å²) in [7, 11) is -3.42. The first-order valence-corrected chi connectivity index (χ1v) is 11.7. The van der Waals surface area contributed by atoms with Crippen molar-refractivity contribution < 1.29 is 8.42 Å². The second-order valence-corrected chi connectivity index (χ2v) is 9.85. The summed E-state index contributed by atoms with van der Waals surface area (Å²) in [5.41, 5.74) is 0. The van der Waals surface area contributed by atoms with Gasteiger partial charge >= 0.3 is 0 Å². The van der Waals surface area contributed by atoms with E-state index in [0.29, 0.717) is 33.2 Å². The largest absolute Gasteiger partial charge is 0.269 e. The fourth-order valence-corrected chi connectivity index (χ4v) is 6.07. The van der Waals surface area contributed by atoms with Crippen LogP contribution in [0.25, 0.3) is 10.8 Å². The molecule has 0 bridgehead atoms. The van der Waals surface area contributed by atoms with Crippen molar-refractivity contribution in [3.8, 4) is 0 Å². The third-order valence-corrected chi connectivity index (χ3v) is 7.71. The van der Waals surface area contributed by atoms with Gasteiger partial charge in [0.2, 0.25) is 0 Å². The first-order valence-electron chi connectivity index (χ1n) is 9.71. The highest BCUT2D eigenvalue weighted by Gasteiger charge is 2.29. The predicted octanol–water partition coefficient (Wildman–Crippen LogP) is 4.20. The van der Waals surface area contributed by atoms with Crippen molar-refractivity contribution >= 4 is 32.2 Å². The fraction of sp³-hybridized carbons (Fsp3) is 0.550. The van der Waals surface area contributed by atoms with E-state index >= 15 is 0 Å². The average Bonchev–Trinajstić information content (AvgIpc) is 2.66. The summed E-state index contributed by atoms with van der Waals surface area (Å²) in [6, 6.07) is 7.20. The molecule has 5 nitrogen and oxygen atoms in total. The molecule has 1 aromatic carbocycles. The molecule has 2 N–H and O–H groups in total. The van der Waals surface area contributed by atoms with Crippen molar-refractivity contribution in [3.63, 3.8) is 0 Å². The summed E-state index contributed by atoms with van der Waals surface area (Å²) in [6.45, 7) is 3.04. The Morgan fingerprint density at radius 1 is 1.26 bits per heavy atom. The summed E-state index contributed by atoms with van der Waals surface area (Å²) < 4.78 is 26.2. The Morgan fingerprint density at radius 3 is 2.81 bits per heavy atom. The number of halogens is 1. The molecule has 148 valence electrons. The number of nitrogens with two attached hydrogens (primary N) is 1. The van der Waals surface area contributed by atoms with Crippen LogP contribution < -0.4 is 5.84 Å². The molecule has 0 spiro atoms. The minimum Gasteiger partial charge on any atom is -0.269 e. The molecule has 7 heteroatoms. The Morgan fingerprint density at radius 2 is 2.07 bits per heavy atom. The molecule has 0 radical (unpaired) electrons. The van der Waals surface area contributed by atoms with Gasteiger partial charge in [0.05, 0.1) is 10.6 Å². The minimum atomic E-state index is -3.42. The van der Waals surface area contributed by atoms with Crippen LogP contribution in [0.15, 0.2) is 35.4 Å². The van der Waals surface area contributed by atoms with E-state index in [2.05, 4.69) is 11.9 Å². The van der Waals surface area contributed by atoms with Crippen molar-refractivity contribution in [2.24, 2.45) is 11.8 Å². The van der Waals surface area contributed by atoms with Crippen LogP contribution >= 0.6 is 11.6 Å². The topological polar surface area (TPSA) is 76.3 Å². The Bertz CT molecular complexity index is 888. The molecule has 1 aliphatic rings. The maximum absolute atomic E-state index is 13.1. The molecular weight excluding hydrogens is 382 g/mol. The van der Waals surface area contributed by atoms with Crippen molar-refractivity contribution in [2.75, 3.05) is 12.3 Å². The quantitative estimate of drug-likeness (QED) is 0.547. The number of sulfone groups is 1. The zero-order valence-electron chi connectivity index (χ0n) is 15.8. The maximum atomic E-state index is 13.1. The normalized spacial score (nSPS) is 20.0. The lowest BCUT2D eigenvalue weighted by Gasteiger charge is -2.37. The SMILES string of the molecule is CCCC(CCS(=O)(=O)c1cccc2c(Cl)nccc12)C1CCCCN1N. The fourth-order valence-electron chi connectivity index (χ4n) is 4.22. The number of hydrazine groups is 1. The molecular formula is C20H28ClN3O2S. The lowest BCUT2D eigenvalue weighted by molar-refractivity contribution is 0.0937. The van der Waals surface area contributed by atoms with Gasteiger partial charge in [-0.05, 0) is 43.7 Å². The summed E-state index contributed by atoms with van der Waals surface area (Å²) in [6.07, 6.45) is 7.55. The number of pyridine rings is 1. The minimum absolute atomic E-state index is 0.126. The van der Waals surface area contributed by atoms with Gasteiger partial charge in [-0.25, -0.2) is 18.4 Å². The zero-order valence-corrected chi connectivity index (χ0v) is 17.3. The molecule has 2 aromatic rings. The third-order valence-electron chi connectivity index (χ3n) is 5.61. The van der Waals surface area contributed by atoms with Crippen LogP contribution in [0.1, 0.15) is 45.4 Å². The van der Waals surface area contributed by atoms with Gasteiger partial charge in [0.25, 0.3) is 0 Å². The molecule has 1 saturated heterocycles. The number of aromatic nitrogens is 1. The highest BCUT2D eigenvalue weighted by atomic mass is 35.5. The molecule has 0 amide bonds. The second kappa shape index (κ2) is 8.86. The average molecular weight is 410 g/mol. The van der Waals surface area contributed by atoms with Crippen LogP contribution in [0.3, 0.4) is 0 Å². The standard InChI is InChI=1S/C20H28ClN3O2S/c1-2-6-15(18-8-3-4-13-24(18)22)11-14-27(25,26)19-9-5-7-17-16(19)10-12-23-20(17)21/h5,7,9-10,12,15,18H,2-4,6,8,11,13-14,22H2,1H3. The Balaban J connectivity index is 1.82. The van der Waals surface area contributed by atoms with E-state index in [0.717, 1.165) is 32.2 Å². The van der Waals surface area contributed by atoms with Gasteiger partial charge < -0.3 is 0 Å². The number of hydrogen-bond acceptors (Lipinski definition) is 5. The van der Waals surface area contributed by atoms with Gasteiger partial charge in [0.15, 0.2) is 9.84 Å². The highest BCUT2D eigenvalue weighted by Crippen LogP contribution is 2.31. The smallest absolute Gasteiger partial charge is 0.179 e. The highest BCUT2D eigenvalue weighted by molar-refractivity contribution is 7.91. The lowest BCUT2D eigenvalue weighted by atomic mass is 9.86. The van der Waals surface area contributed by atoms with Crippen LogP contribution in [0, 0.1) is 5.92 Å². The van der Waals surface area contributed by atoms with E-state index in [1.807, 2.05) is 5.01 Å². The molecule has 1 fully saturated rings. The van der Waals surface area contributed by atoms with Crippen LogP contribution in [-0.4, -0.2) is 36.8 Å². The number of hydrogen-bond donors (Lipinski definition) is 1. The van der Waals surface area contributed by atoms with Gasteiger partial charge in [-0.2, -0.15) is 0 Å². The number of fused-ring (bicyclic) bond motifs is 1. The van der Waals surface area contributed by atoms with Crippen LogP contribution in [-0.2, 0) is 9.84 Å². The predicted molar refractivity (Wildman–Crippen MR) is 110 cm³/mol. The van der Waals surface area contributed by atoms with E-state index in [-0.39, 0.29) is 11.8 Å². The molecule has 3 rings (SSSR count). The molecule has 27 heavy (non-hydrogen) atoms. The monoisotopic (exact) mass is 409 g/mol. The maximum Gasteiger partial charge on any atom is 0.179 e. The Kier molecular flexibility index (Phi) is 6.74. The second-order valence-electron chi connectivity index (χ2n) is 7.41. The van der Waals surface area contributed by atoms with Gasteiger partial charge in [0.1, 0.15) is 5.15 Å². The summed E-state index contributed by atoms with van der Waals surface area (Å²) >= 11 is 6.14. The molecule has 2 atom stereocenters. The molecule has 0 saturated carbocycles. The molecule has 1 aliphatic heterocycles. The van der Waals surface area contributed by atoms with Crippen LogP contribution in [0.2, 0.25) is 5.15 Å². The molecule has 1 aromatic heterocycles. The molecule has 2 unspecified atom stereocenters. The number of benzene rings is 1. The van der Waals surface area contributed by atoms with Crippen molar-refractivity contribution in [1.82, 2.24) is 9.99 Å². The van der Waals surface area contributed by atoms with Gasteiger partial charge in [-0.3, -0.25) is 5.84 Å². The Hall–Kier alpha value is -1.21. The van der Waals surface area contributed by atoms with Gasteiger partial charge in [-0.15, -0.1) is 0 Å². The van der Waals surface area contributed by atoms with E-state index < -0.39 is 9.84 Å². The number of nitrogens with zero attached hydrogens (tertiary/aromatic N) is 2. The van der Waals surface area contributed by atoms with E-state index in [9.17, 15) is 8.42 Å². The summed E-state index contributed by atoms with van der Waals surface area (Å²) in [4.78, 5) is 4.39. The summed E-state index contributed by atoms with van der Waals surface area (Å²) in [5.74, 6) is 6.64. The number of piperidine rings is 1. The van der Waals surface area contributed by atoms with Crippen molar-refractivity contribution in [1.29, 1.82) is 0 Å². The van der Waals surface area contributed by atoms with Gasteiger partial charge in [-0.1, -0.05) is 43.5 Å². The van der Waals surface area contributed by atoms with E-state index in [1.165, 1.54) is 6.42 Å². The number of rotatable bonds is 7. The van der Waals surface area contributed by atoms with Crippen LogP contribution in [0.4, 0.5) is 0 Å². The Labute approximate surface area is 166 Å². The van der Waals surface area contributed by atoms with E-state index in [1.54, 1.807) is 30.5 Å². The zero-order chi connectivity index (χ0) is 19.4. The van der Waals surface area contributed by atoms with E-state index in [4.69, 9.17) is 17.4 Å². The summed E-state index contributed by atoms with van der Waals surface area (Å²) in [5, 5.41) is 3.57. The van der Waals surface area contributed by atoms with Crippen molar-refractivity contribution in [3.05, 3.63) is 35.6 Å².